The van der Waals surface area contributed by atoms with Gasteiger partial charge in [0, 0.05) is 0 Å². The standard InChI is InChI=1S/2C18H17.C5H10.3CH3.Hf/c2*1-13(2)14-9-11-16(12-10-14)18-8-4-6-15-5-3-7-17(15)18;1-4-5(2)3;;;;/h2*3-13H,1-2H3;1,5H,4H2,2-3H3;3*1H3;. The fourth-order valence-corrected chi connectivity index (χ4v) is 34.5. The number of benzene rings is 4. The summed E-state index contributed by atoms with van der Waals surface area (Å²) in [6.07, 6.45) is 11.3. The maximum absolute atomic E-state index is 4.54. The fraction of sp³-hybridized carbons (Fsp3) is 0.341. The summed E-state index contributed by atoms with van der Waals surface area (Å²) >= 11 is -4.54. The molecule has 0 bridgehead atoms. The van der Waals surface area contributed by atoms with Crippen LogP contribution in [0.1, 0.15) is 101 Å². The van der Waals surface area contributed by atoms with Gasteiger partial charge in [-0.25, -0.2) is 0 Å². The van der Waals surface area contributed by atoms with E-state index in [1.807, 2.05) is 0 Å². The van der Waals surface area contributed by atoms with E-state index in [4.69, 9.17) is 0 Å². The molecule has 4 aromatic rings. The van der Waals surface area contributed by atoms with Crippen molar-refractivity contribution in [1.82, 2.24) is 0 Å². The molecule has 0 spiro atoms. The summed E-state index contributed by atoms with van der Waals surface area (Å²) in [4.78, 5) is 0. The zero-order valence-electron chi connectivity index (χ0n) is 29.1. The maximum atomic E-state index is 2.91. The summed E-state index contributed by atoms with van der Waals surface area (Å²) in [5.74, 6) is 1.71. The van der Waals surface area contributed by atoms with Crippen molar-refractivity contribution in [3.05, 3.63) is 130 Å². The molecule has 6 rings (SSSR count). The number of allylic oxidation sites excluding steroid dienone is 2. The Hall–Kier alpha value is -2.90. The molecule has 45 heavy (non-hydrogen) atoms. The van der Waals surface area contributed by atoms with Crippen molar-refractivity contribution in [2.24, 2.45) is 5.92 Å². The van der Waals surface area contributed by atoms with Gasteiger partial charge in [0.05, 0.1) is 0 Å². The summed E-state index contributed by atoms with van der Waals surface area (Å²) < 4.78 is 12.0. The molecule has 0 heterocycles. The van der Waals surface area contributed by atoms with E-state index >= 15 is 0 Å². The Bertz CT molecular complexity index is 1760. The molecule has 2 atom stereocenters. The third kappa shape index (κ3) is 5.48. The minimum absolute atomic E-state index is 0.415. The normalized spacial score (nSPS) is 18.8. The Labute approximate surface area is 270 Å². The predicted octanol–water partition coefficient (Wildman–Crippen LogP) is 13.3. The van der Waals surface area contributed by atoms with Gasteiger partial charge in [-0.3, -0.25) is 0 Å². The van der Waals surface area contributed by atoms with Gasteiger partial charge in [0.25, 0.3) is 0 Å². The molecular weight excluding hydrogens is 707 g/mol. The van der Waals surface area contributed by atoms with Crippen molar-refractivity contribution in [1.29, 1.82) is 0 Å². The Morgan fingerprint density at radius 1 is 0.556 bits per heavy atom. The Balaban J connectivity index is 1.50. The van der Waals surface area contributed by atoms with Gasteiger partial charge in [-0.15, -0.1) is 0 Å². The van der Waals surface area contributed by atoms with Gasteiger partial charge >= 0.3 is 272 Å². The van der Waals surface area contributed by atoms with E-state index in [0.29, 0.717) is 25.1 Å². The van der Waals surface area contributed by atoms with Crippen LogP contribution in [0.2, 0.25) is 14.0 Å². The first-order valence-corrected chi connectivity index (χ1v) is 34.3. The molecule has 2 aliphatic carbocycles. The minimum atomic E-state index is -4.54. The Kier molecular flexibility index (Phi) is 7.92. The summed E-state index contributed by atoms with van der Waals surface area (Å²) in [6, 6.07) is 32.7. The monoisotopic (exact) mass is 761 g/mol. The predicted molar refractivity (Wildman–Crippen MR) is 199 cm³/mol. The molecule has 0 N–H and O–H groups in total. The van der Waals surface area contributed by atoms with Crippen LogP contribution < -0.4 is 0 Å². The van der Waals surface area contributed by atoms with Crippen LogP contribution in [0.15, 0.2) is 97.1 Å². The van der Waals surface area contributed by atoms with Crippen molar-refractivity contribution < 1.29 is 16.5 Å². The first-order valence-electron chi connectivity index (χ1n) is 17.3. The molecule has 0 nitrogen and oxygen atoms in total. The van der Waals surface area contributed by atoms with Crippen molar-refractivity contribution in [3.63, 3.8) is 0 Å². The summed E-state index contributed by atoms with van der Waals surface area (Å²) in [7, 11) is 0. The molecule has 1 heteroatoms. The van der Waals surface area contributed by atoms with E-state index in [2.05, 4.69) is 169 Å². The number of fused-ring (bicyclic) bond motifs is 2. The van der Waals surface area contributed by atoms with Gasteiger partial charge in [0.15, 0.2) is 0 Å². The summed E-state index contributed by atoms with van der Waals surface area (Å²) in [6.45, 7) is 13.8. The molecule has 0 saturated heterocycles. The molecule has 0 radical (unpaired) electrons. The molecule has 0 fully saturated rings. The average Bonchev–Trinajstić information content (AvgIpc) is 3.67. The van der Waals surface area contributed by atoms with Gasteiger partial charge in [-0.05, 0) is 0 Å². The molecule has 2 aliphatic rings. The quantitative estimate of drug-likeness (QED) is 0.157. The van der Waals surface area contributed by atoms with Gasteiger partial charge < -0.3 is 0 Å². The zero-order chi connectivity index (χ0) is 32.2. The van der Waals surface area contributed by atoms with Crippen molar-refractivity contribution in [2.45, 2.75) is 81.2 Å². The van der Waals surface area contributed by atoms with E-state index in [1.54, 1.807) is 0 Å². The number of hydrogen-bond donors (Lipinski definition) is 0. The zero-order valence-corrected chi connectivity index (χ0v) is 32.7. The van der Waals surface area contributed by atoms with Crippen LogP contribution in [0.25, 0.3) is 34.4 Å². The molecule has 2 unspecified atom stereocenters. The summed E-state index contributed by atoms with van der Waals surface area (Å²) in [5, 5.41) is 0. The van der Waals surface area contributed by atoms with Crippen LogP contribution in [0.4, 0.5) is 0 Å². The molecule has 0 amide bonds. The van der Waals surface area contributed by atoms with Gasteiger partial charge in [0.1, 0.15) is 0 Å². The number of hydrogen-bond acceptors (Lipinski definition) is 0. The van der Waals surface area contributed by atoms with Crippen LogP contribution in [0, 0.1) is 5.92 Å². The second-order valence-electron chi connectivity index (χ2n) is 17.3. The van der Waals surface area contributed by atoms with E-state index in [0.717, 1.165) is 6.42 Å². The van der Waals surface area contributed by atoms with Gasteiger partial charge in [-0.1, -0.05) is 0 Å². The molecule has 0 aromatic heterocycles. The fourth-order valence-electron chi connectivity index (χ4n) is 8.54. The van der Waals surface area contributed by atoms with Crippen molar-refractivity contribution >= 4 is 15.9 Å². The molecular formula is C44H53Hf. The van der Waals surface area contributed by atoms with E-state index < -0.39 is 16.5 Å². The molecule has 0 aliphatic heterocycles. The van der Waals surface area contributed by atoms with Crippen LogP contribution >= 0.6 is 0 Å². The second kappa shape index (κ2) is 11.1. The van der Waals surface area contributed by atoms with Crippen LogP contribution in [0.3, 0.4) is 0 Å². The Morgan fingerprint density at radius 2 is 0.956 bits per heavy atom. The van der Waals surface area contributed by atoms with Crippen molar-refractivity contribution in [2.75, 3.05) is 0 Å². The molecule has 4 aromatic carbocycles. The van der Waals surface area contributed by atoms with E-state index in [9.17, 15) is 0 Å². The van der Waals surface area contributed by atoms with Gasteiger partial charge in [0.2, 0.25) is 0 Å². The third-order valence-corrected chi connectivity index (χ3v) is 40.8. The van der Waals surface area contributed by atoms with E-state index in [-0.39, 0.29) is 0 Å². The van der Waals surface area contributed by atoms with Crippen LogP contribution in [-0.4, -0.2) is 3.76 Å². The molecule has 0 saturated carbocycles. The SMILES string of the molecule is CC(C)C[CH]=[Hf]([CH3])([CH3])([CH3])([CH]1C=Cc2c(-c3ccc(C(C)C)cc3)cccc21)[CH]1C=Cc2c(-c3ccc(C(C)C)cc3)cccc21. The molecule has 233 valence electrons. The summed E-state index contributed by atoms with van der Waals surface area (Å²) in [5.41, 5.74) is 14.0. The van der Waals surface area contributed by atoms with Crippen LogP contribution in [-0.2, 0) is 16.5 Å². The first-order chi connectivity index (χ1) is 21.2. The average molecular weight is 760 g/mol. The van der Waals surface area contributed by atoms with Crippen molar-refractivity contribution in [3.8, 4) is 22.3 Å². The first kappa shape index (κ1) is 32.1. The number of rotatable bonds is 8. The van der Waals surface area contributed by atoms with Gasteiger partial charge in [-0.2, -0.15) is 0 Å². The second-order valence-corrected chi connectivity index (χ2v) is 56.3. The topological polar surface area (TPSA) is 0 Å². The third-order valence-electron chi connectivity index (χ3n) is 11.7. The Morgan fingerprint density at radius 3 is 1.31 bits per heavy atom. The van der Waals surface area contributed by atoms with Crippen LogP contribution in [0.5, 0.6) is 0 Å². The van der Waals surface area contributed by atoms with E-state index in [1.165, 1.54) is 55.6 Å².